The van der Waals surface area contributed by atoms with Crippen molar-refractivity contribution >= 4 is 34.7 Å². The molecule has 0 fully saturated rings. The highest BCUT2D eigenvalue weighted by molar-refractivity contribution is 6.18. The summed E-state index contributed by atoms with van der Waals surface area (Å²) in [6.45, 7) is 4.77. The van der Waals surface area contributed by atoms with Gasteiger partial charge in [0.1, 0.15) is 23.2 Å². The van der Waals surface area contributed by atoms with E-state index in [0.717, 1.165) is 12.1 Å². The molecule has 1 heterocycles. The number of methoxy groups -OCH3 is 2. The number of nitrogens with one attached hydrogen (secondary N) is 4. The minimum atomic E-state index is 0.00635. The molecule has 40 heavy (non-hydrogen) atoms. The average Bonchev–Trinajstić information content (AvgIpc) is 3.37. The van der Waals surface area contributed by atoms with E-state index < -0.39 is 0 Å². The van der Waals surface area contributed by atoms with Gasteiger partial charge in [0.2, 0.25) is 6.41 Å². The highest BCUT2D eigenvalue weighted by Gasteiger charge is 2.21. The van der Waals surface area contributed by atoms with Crippen LogP contribution in [0.15, 0.2) is 79.0 Å². The van der Waals surface area contributed by atoms with Gasteiger partial charge in [-0.05, 0) is 49.2 Å². The molecule has 9 heteroatoms. The molecule has 0 spiro atoms. The number of ether oxygens (including phenoxy) is 2. The Bertz CT molecular complexity index is 1350. The summed E-state index contributed by atoms with van der Waals surface area (Å²) in [6.07, 6.45) is 3.67. The topological polar surface area (TPSA) is 140 Å². The molecule has 0 saturated carbocycles. The summed E-state index contributed by atoms with van der Waals surface area (Å²) in [5.74, 6) is 1.40. The number of carbonyl (C=O) groups is 1. The van der Waals surface area contributed by atoms with E-state index in [4.69, 9.17) is 26.0 Å². The molecule has 0 atom stereocenters. The van der Waals surface area contributed by atoms with Crippen molar-refractivity contribution in [1.82, 2.24) is 10.3 Å². The summed E-state index contributed by atoms with van der Waals surface area (Å²) in [7, 11) is 3.08. The molecule has 0 unspecified atom stereocenters. The van der Waals surface area contributed by atoms with Gasteiger partial charge in [-0.2, -0.15) is 0 Å². The van der Waals surface area contributed by atoms with E-state index in [9.17, 15) is 4.79 Å². The van der Waals surface area contributed by atoms with E-state index in [-0.39, 0.29) is 18.2 Å². The fourth-order valence-corrected chi connectivity index (χ4v) is 3.88. The number of rotatable bonds is 9. The lowest BCUT2D eigenvalue weighted by atomic mass is 10.1. The number of H-pyrrole nitrogens is 1. The van der Waals surface area contributed by atoms with Crippen molar-refractivity contribution in [3.63, 3.8) is 0 Å². The lowest BCUT2D eigenvalue weighted by Gasteiger charge is -2.27. The van der Waals surface area contributed by atoms with Crippen LogP contribution in [-0.2, 0) is 11.2 Å². The molecule has 4 rings (SSSR count). The second-order valence-electron chi connectivity index (χ2n) is 8.68. The summed E-state index contributed by atoms with van der Waals surface area (Å²) in [5, 5.41) is 20.7. The number of carbonyl (C=O) groups excluding carboxylic acids is 1. The van der Waals surface area contributed by atoms with Gasteiger partial charge in [-0.15, -0.1) is 0 Å². The average molecular weight is 545 g/mol. The van der Waals surface area contributed by atoms with Gasteiger partial charge in [0.25, 0.3) is 0 Å². The molecule has 6 N–H and O–H groups in total. The van der Waals surface area contributed by atoms with Crippen LogP contribution in [-0.4, -0.2) is 50.4 Å². The van der Waals surface area contributed by atoms with Crippen molar-refractivity contribution in [2.24, 2.45) is 5.73 Å². The maximum absolute atomic E-state index is 10.6. The van der Waals surface area contributed by atoms with Crippen LogP contribution in [0.2, 0.25) is 0 Å². The minimum absolute atomic E-state index is 0.00635. The van der Waals surface area contributed by atoms with Crippen molar-refractivity contribution in [3.05, 3.63) is 90.1 Å². The SMILES string of the molecule is CCN.COc1ccc(N(C(=N)CCc2ccccc2)C(=N)CNC=O)c(OC)c1.Cc1c[nH]c2ccccc12. The predicted octanol–water partition coefficient (Wildman–Crippen LogP) is 5.28. The molecule has 212 valence electrons. The molecule has 0 aliphatic rings. The summed E-state index contributed by atoms with van der Waals surface area (Å²) in [6, 6.07) is 23.4. The zero-order chi connectivity index (χ0) is 29.3. The maximum atomic E-state index is 10.6. The van der Waals surface area contributed by atoms with Gasteiger partial charge in [0.15, 0.2) is 0 Å². The monoisotopic (exact) mass is 544 g/mol. The van der Waals surface area contributed by atoms with E-state index >= 15 is 0 Å². The number of benzene rings is 3. The van der Waals surface area contributed by atoms with Gasteiger partial charge < -0.3 is 25.5 Å². The lowest BCUT2D eigenvalue weighted by molar-refractivity contribution is -0.109. The first kappa shape index (κ1) is 31.6. The number of nitrogens with zero attached hydrogens (tertiary/aromatic N) is 1. The standard InChI is InChI=1S/C20H24N4O3.C9H9N.C2H7N/c1-26-16-9-10-17(18(12-16)27-2)24(20(22)13-23-14-25)19(21)11-8-15-6-4-3-5-7-15;1-7-6-10-9-5-3-2-4-8(7)9;1-2-3/h3-7,9-10,12,14,21-22H,8,11,13H2,1-2H3,(H,23,25);2-6,10H,1H3;2-3H2,1H3. The van der Waals surface area contributed by atoms with E-state index in [0.29, 0.717) is 36.4 Å². The number of para-hydroxylation sites is 1. The number of hydrogen-bond acceptors (Lipinski definition) is 6. The molecule has 1 amide bonds. The van der Waals surface area contributed by atoms with Crippen LogP contribution in [0.25, 0.3) is 10.9 Å². The van der Waals surface area contributed by atoms with E-state index in [1.165, 1.54) is 28.5 Å². The third-order valence-corrected chi connectivity index (χ3v) is 5.81. The molecular weight excluding hydrogens is 504 g/mol. The number of nitrogens with two attached hydrogens (primary N) is 1. The summed E-state index contributed by atoms with van der Waals surface area (Å²) in [4.78, 5) is 15.3. The highest BCUT2D eigenvalue weighted by Crippen LogP contribution is 2.33. The Labute approximate surface area is 236 Å². The number of anilines is 1. The van der Waals surface area contributed by atoms with Crippen LogP contribution in [0.4, 0.5) is 5.69 Å². The Morgan fingerprint density at radius 1 is 1.00 bits per heavy atom. The second kappa shape index (κ2) is 17.1. The molecule has 0 aliphatic carbocycles. The fraction of sp³-hybridized carbons (Fsp3) is 0.258. The van der Waals surface area contributed by atoms with E-state index in [1.54, 1.807) is 25.3 Å². The number of aromatic nitrogens is 1. The largest absolute Gasteiger partial charge is 0.497 e. The van der Waals surface area contributed by atoms with E-state index in [2.05, 4.69) is 35.4 Å². The first-order valence-electron chi connectivity index (χ1n) is 13.0. The van der Waals surface area contributed by atoms with Crippen molar-refractivity contribution < 1.29 is 14.3 Å². The second-order valence-corrected chi connectivity index (χ2v) is 8.68. The van der Waals surface area contributed by atoms with Crippen molar-refractivity contribution in [1.29, 1.82) is 10.8 Å². The normalized spacial score (nSPS) is 9.82. The smallest absolute Gasteiger partial charge is 0.207 e. The van der Waals surface area contributed by atoms with Gasteiger partial charge in [-0.1, -0.05) is 55.5 Å². The first-order valence-corrected chi connectivity index (χ1v) is 13.0. The number of fused-ring (bicyclic) bond motifs is 1. The Hall–Kier alpha value is -4.63. The van der Waals surface area contributed by atoms with Crippen LogP contribution in [0.5, 0.6) is 11.5 Å². The van der Waals surface area contributed by atoms with Crippen molar-refractivity contribution in [3.8, 4) is 11.5 Å². The summed E-state index contributed by atoms with van der Waals surface area (Å²) >= 11 is 0. The van der Waals surface area contributed by atoms with Gasteiger partial charge in [-0.3, -0.25) is 20.5 Å². The fourth-order valence-electron chi connectivity index (χ4n) is 3.88. The molecule has 4 aromatic rings. The van der Waals surface area contributed by atoms with Crippen LogP contribution in [0.3, 0.4) is 0 Å². The van der Waals surface area contributed by atoms with Crippen LogP contribution in [0, 0.1) is 17.7 Å². The van der Waals surface area contributed by atoms with Gasteiger partial charge in [0, 0.05) is 29.6 Å². The first-order chi connectivity index (χ1) is 19.4. The number of aryl methyl sites for hydroxylation is 2. The molecule has 0 aliphatic heterocycles. The molecule has 0 radical (unpaired) electrons. The van der Waals surface area contributed by atoms with Crippen LogP contribution >= 0.6 is 0 Å². The third-order valence-electron chi connectivity index (χ3n) is 5.81. The number of amidine groups is 2. The van der Waals surface area contributed by atoms with Gasteiger partial charge in [-0.25, -0.2) is 0 Å². The number of hydrogen-bond donors (Lipinski definition) is 5. The number of aromatic amines is 1. The third kappa shape index (κ3) is 9.28. The lowest BCUT2D eigenvalue weighted by Crippen LogP contribution is -2.41. The molecule has 3 aromatic carbocycles. The van der Waals surface area contributed by atoms with Gasteiger partial charge in [0.05, 0.1) is 26.5 Å². The van der Waals surface area contributed by atoms with Crippen molar-refractivity contribution in [2.75, 3.05) is 32.2 Å². The minimum Gasteiger partial charge on any atom is -0.497 e. The molecule has 1 aromatic heterocycles. The summed E-state index contributed by atoms with van der Waals surface area (Å²) in [5.41, 5.74) is 9.05. The maximum Gasteiger partial charge on any atom is 0.207 e. The Kier molecular flexibility index (Phi) is 13.5. The Morgan fingerprint density at radius 3 is 2.30 bits per heavy atom. The summed E-state index contributed by atoms with van der Waals surface area (Å²) < 4.78 is 10.6. The Morgan fingerprint density at radius 2 is 1.68 bits per heavy atom. The van der Waals surface area contributed by atoms with E-state index in [1.807, 2.05) is 49.5 Å². The predicted molar refractivity (Wildman–Crippen MR) is 164 cm³/mol. The zero-order valence-electron chi connectivity index (χ0n) is 23.7. The molecule has 9 nitrogen and oxygen atoms in total. The Balaban J connectivity index is 0.000000352. The number of amides is 1. The quantitative estimate of drug-likeness (QED) is 0.111. The van der Waals surface area contributed by atoms with Crippen LogP contribution < -0.4 is 25.4 Å². The van der Waals surface area contributed by atoms with Gasteiger partial charge >= 0.3 is 0 Å². The van der Waals surface area contributed by atoms with Crippen LogP contribution in [0.1, 0.15) is 24.5 Å². The highest BCUT2D eigenvalue weighted by atomic mass is 16.5. The molecular formula is C31H40N6O3. The molecule has 0 saturated heterocycles. The molecule has 0 bridgehead atoms. The zero-order valence-corrected chi connectivity index (χ0v) is 23.7. The van der Waals surface area contributed by atoms with Crippen molar-refractivity contribution in [2.45, 2.75) is 26.7 Å².